The Bertz CT molecular complexity index is 388. The summed E-state index contributed by atoms with van der Waals surface area (Å²) in [7, 11) is 1.47. The van der Waals surface area contributed by atoms with Gasteiger partial charge in [0.25, 0.3) is 5.91 Å². The summed E-state index contributed by atoms with van der Waals surface area (Å²) in [4.78, 5) is 11.4. The van der Waals surface area contributed by atoms with Gasteiger partial charge in [-0.25, -0.2) is 4.39 Å². The lowest BCUT2D eigenvalue weighted by Crippen LogP contribution is -2.20. The van der Waals surface area contributed by atoms with Crippen LogP contribution in [-0.2, 0) is 0 Å². The minimum Gasteiger partial charge on any atom is -0.489 e. The van der Waals surface area contributed by atoms with E-state index in [4.69, 9.17) is 4.74 Å². The summed E-state index contributed by atoms with van der Waals surface area (Å²) in [6.07, 6.45) is 2.10. The zero-order valence-electron chi connectivity index (χ0n) is 8.42. The third kappa shape index (κ3) is 2.09. The predicted octanol–water partition coefficient (Wildman–Crippen LogP) is 1.73. The van der Waals surface area contributed by atoms with Crippen molar-refractivity contribution in [1.29, 1.82) is 0 Å². The summed E-state index contributed by atoms with van der Waals surface area (Å²) in [5.41, 5.74) is -0.00750. The summed E-state index contributed by atoms with van der Waals surface area (Å²) >= 11 is 0. The van der Waals surface area contributed by atoms with Crippen LogP contribution in [-0.4, -0.2) is 19.1 Å². The number of carbonyl (C=O) groups excluding carboxylic acids is 1. The van der Waals surface area contributed by atoms with E-state index in [1.165, 1.54) is 13.1 Å². The molecule has 1 N–H and O–H groups in total. The van der Waals surface area contributed by atoms with Crippen molar-refractivity contribution in [3.63, 3.8) is 0 Å². The lowest BCUT2D eigenvalue weighted by Gasteiger charge is -2.10. The van der Waals surface area contributed by atoms with Crippen LogP contribution in [0.5, 0.6) is 5.75 Å². The van der Waals surface area contributed by atoms with Crippen molar-refractivity contribution in [1.82, 2.24) is 5.32 Å². The predicted molar refractivity (Wildman–Crippen MR) is 53.4 cm³/mol. The van der Waals surface area contributed by atoms with Gasteiger partial charge >= 0.3 is 0 Å². The molecule has 0 spiro atoms. The number of hydrogen-bond acceptors (Lipinski definition) is 2. The third-order valence-electron chi connectivity index (χ3n) is 2.25. The van der Waals surface area contributed by atoms with Crippen LogP contribution < -0.4 is 10.1 Å². The molecular weight excluding hydrogens is 197 g/mol. The number of amides is 1. The van der Waals surface area contributed by atoms with Gasteiger partial charge in [-0.15, -0.1) is 0 Å². The second kappa shape index (κ2) is 3.88. The van der Waals surface area contributed by atoms with Crippen molar-refractivity contribution in [2.75, 3.05) is 7.05 Å². The molecule has 80 valence electrons. The minimum atomic E-state index is -0.549. The Labute approximate surface area is 87.2 Å². The summed E-state index contributed by atoms with van der Waals surface area (Å²) in [5.74, 6) is -0.673. The molecule has 1 aliphatic carbocycles. The standard InChI is InChI=1S/C11H12FNO2/c1-13-11(14)10-8(12)3-2-4-9(10)15-7-5-6-7/h2-4,7H,5-6H2,1H3,(H,13,14). The molecule has 2 rings (SSSR count). The van der Waals surface area contributed by atoms with E-state index >= 15 is 0 Å². The van der Waals surface area contributed by atoms with Crippen molar-refractivity contribution < 1.29 is 13.9 Å². The van der Waals surface area contributed by atoms with Gasteiger partial charge in [-0.05, 0) is 25.0 Å². The largest absolute Gasteiger partial charge is 0.489 e. The topological polar surface area (TPSA) is 38.3 Å². The van der Waals surface area contributed by atoms with Crippen molar-refractivity contribution in [2.45, 2.75) is 18.9 Å². The molecule has 1 aromatic rings. The molecule has 15 heavy (non-hydrogen) atoms. The fourth-order valence-electron chi connectivity index (χ4n) is 1.31. The number of carbonyl (C=O) groups is 1. The number of hydrogen-bond donors (Lipinski definition) is 1. The lowest BCUT2D eigenvalue weighted by molar-refractivity contribution is 0.0954. The first-order valence-electron chi connectivity index (χ1n) is 4.89. The summed E-state index contributed by atoms with van der Waals surface area (Å²) in [6.45, 7) is 0. The highest BCUT2D eigenvalue weighted by molar-refractivity contribution is 5.97. The van der Waals surface area contributed by atoms with Crippen molar-refractivity contribution >= 4 is 5.91 Å². The maximum absolute atomic E-state index is 13.4. The first-order valence-corrected chi connectivity index (χ1v) is 4.89. The number of halogens is 1. The lowest BCUT2D eigenvalue weighted by atomic mass is 10.1. The van der Waals surface area contributed by atoms with E-state index in [0.717, 1.165) is 12.8 Å². The fourth-order valence-corrected chi connectivity index (χ4v) is 1.31. The highest BCUT2D eigenvalue weighted by Gasteiger charge is 2.26. The van der Waals surface area contributed by atoms with E-state index in [2.05, 4.69) is 5.32 Å². The average molecular weight is 209 g/mol. The van der Waals surface area contributed by atoms with Gasteiger partial charge < -0.3 is 10.1 Å². The number of benzene rings is 1. The molecule has 0 unspecified atom stereocenters. The normalized spacial score (nSPS) is 14.8. The van der Waals surface area contributed by atoms with Crippen LogP contribution in [0.2, 0.25) is 0 Å². The maximum atomic E-state index is 13.4. The molecule has 1 amide bonds. The Morgan fingerprint density at radius 1 is 1.53 bits per heavy atom. The van der Waals surface area contributed by atoms with Crippen LogP contribution in [0.25, 0.3) is 0 Å². The average Bonchev–Trinajstić information content (AvgIpc) is 3.01. The summed E-state index contributed by atoms with van der Waals surface area (Å²) in [5, 5.41) is 2.40. The highest BCUT2D eigenvalue weighted by Crippen LogP contribution is 2.30. The number of nitrogens with one attached hydrogen (secondary N) is 1. The van der Waals surface area contributed by atoms with Gasteiger partial charge in [0.05, 0.1) is 6.10 Å². The Hall–Kier alpha value is -1.58. The number of rotatable bonds is 3. The molecule has 0 saturated heterocycles. The van der Waals surface area contributed by atoms with Gasteiger partial charge in [0.15, 0.2) is 0 Å². The zero-order chi connectivity index (χ0) is 10.8. The quantitative estimate of drug-likeness (QED) is 0.823. The molecule has 0 aliphatic heterocycles. The van der Waals surface area contributed by atoms with Crippen molar-refractivity contribution in [3.8, 4) is 5.75 Å². The van der Waals surface area contributed by atoms with Crippen LogP contribution in [0.15, 0.2) is 18.2 Å². The first-order chi connectivity index (χ1) is 7.22. The van der Waals surface area contributed by atoms with E-state index in [1.54, 1.807) is 12.1 Å². The maximum Gasteiger partial charge on any atom is 0.257 e. The monoisotopic (exact) mass is 209 g/mol. The minimum absolute atomic E-state index is 0.00750. The zero-order valence-corrected chi connectivity index (χ0v) is 8.42. The van der Waals surface area contributed by atoms with Gasteiger partial charge in [-0.1, -0.05) is 6.07 Å². The van der Waals surface area contributed by atoms with E-state index < -0.39 is 11.7 Å². The van der Waals surface area contributed by atoms with Gasteiger partial charge in [-0.3, -0.25) is 4.79 Å². The molecule has 1 aromatic carbocycles. The molecule has 0 atom stereocenters. The van der Waals surface area contributed by atoms with E-state index in [0.29, 0.717) is 5.75 Å². The molecule has 1 fully saturated rings. The fraction of sp³-hybridized carbons (Fsp3) is 0.364. The molecule has 1 aliphatic rings. The van der Waals surface area contributed by atoms with E-state index in [9.17, 15) is 9.18 Å². The molecule has 1 saturated carbocycles. The SMILES string of the molecule is CNC(=O)c1c(F)cccc1OC1CC1. The van der Waals surface area contributed by atoms with Gasteiger partial charge in [0.1, 0.15) is 17.1 Å². The van der Waals surface area contributed by atoms with E-state index in [-0.39, 0.29) is 11.7 Å². The molecule has 4 heteroatoms. The molecule has 0 aromatic heterocycles. The first kappa shape index (κ1) is 9.96. The second-order valence-corrected chi connectivity index (χ2v) is 3.51. The van der Waals surface area contributed by atoms with Crippen molar-refractivity contribution in [2.24, 2.45) is 0 Å². The van der Waals surface area contributed by atoms with Crippen molar-refractivity contribution in [3.05, 3.63) is 29.6 Å². The summed E-state index contributed by atoms with van der Waals surface area (Å²) < 4.78 is 18.9. The van der Waals surface area contributed by atoms with Gasteiger partial charge in [-0.2, -0.15) is 0 Å². The van der Waals surface area contributed by atoms with Gasteiger partial charge in [0.2, 0.25) is 0 Å². The summed E-state index contributed by atoms with van der Waals surface area (Å²) in [6, 6.07) is 4.41. The Morgan fingerprint density at radius 3 is 2.87 bits per heavy atom. The Balaban J connectivity index is 2.33. The molecule has 0 heterocycles. The van der Waals surface area contributed by atoms with Crippen LogP contribution in [0.3, 0.4) is 0 Å². The molecule has 0 bridgehead atoms. The smallest absolute Gasteiger partial charge is 0.257 e. The Kier molecular flexibility index (Phi) is 2.58. The molecule has 0 radical (unpaired) electrons. The van der Waals surface area contributed by atoms with Gasteiger partial charge in [0, 0.05) is 7.05 Å². The number of ether oxygens (including phenoxy) is 1. The van der Waals surface area contributed by atoms with Crippen LogP contribution in [0.4, 0.5) is 4.39 Å². The van der Waals surface area contributed by atoms with E-state index in [1.807, 2.05) is 0 Å². The molecular formula is C11H12FNO2. The third-order valence-corrected chi connectivity index (χ3v) is 2.25. The van der Waals surface area contributed by atoms with Crippen LogP contribution in [0, 0.1) is 5.82 Å². The Morgan fingerprint density at radius 2 is 2.27 bits per heavy atom. The van der Waals surface area contributed by atoms with Crippen LogP contribution in [0.1, 0.15) is 23.2 Å². The highest BCUT2D eigenvalue weighted by atomic mass is 19.1. The van der Waals surface area contributed by atoms with Crippen LogP contribution >= 0.6 is 0 Å². The molecule has 3 nitrogen and oxygen atoms in total. The second-order valence-electron chi connectivity index (χ2n) is 3.51.